The molecule has 0 saturated heterocycles. The monoisotopic (exact) mass is 306 g/mol. The van der Waals surface area contributed by atoms with Crippen LogP contribution in [0.3, 0.4) is 0 Å². The third-order valence-corrected chi connectivity index (χ3v) is 4.19. The normalized spacial score (nSPS) is 24.6. The Morgan fingerprint density at radius 2 is 2.00 bits per heavy atom. The van der Waals surface area contributed by atoms with Gasteiger partial charge in [-0.1, -0.05) is 6.08 Å². The molecule has 0 saturated carbocycles. The highest BCUT2D eigenvalue weighted by Crippen LogP contribution is 2.41. The van der Waals surface area contributed by atoms with Crippen molar-refractivity contribution in [1.29, 1.82) is 0 Å². The van der Waals surface area contributed by atoms with Crippen molar-refractivity contribution in [3.8, 4) is 11.5 Å². The number of hydrogen-bond acceptors (Lipinski definition) is 5. The highest BCUT2D eigenvalue weighted by atomic mass is 16.4. The molecule has 1 aliphatic carbocycles. The van der Waals surface area contributed by atoms with Crippen molar-refractivity contribution in [1.82, 2.24) is 0 Å². The van der Waals surface area contributed by atoms with Gasteiger partial charge in [-0.3, -0.25) is 9.59 Å². The molecule has 0 spiro atoms. The number of phenols is 2. The molecule has 1 aliphatic rings. The highest BCUT2D eigenvalue weighted by molar-refractivity contribution is 6.01. The van der Waals surface area contributed by atoms with Gasteiger partial charge in [0.05, 0.1) is 11.7 Å². The maximum Gasteiger partial charge on any atom is 0.313 e. The number of aliphatic hydroxyl groups excluding tert-OH is 1. The number of aliphatic hydroxyl groups is 1. The Balaban J connectivity index is 2.37. The predicted molar refractivity (Wildman–Crippen MR) is 77.8 cm³/mol. The molecule has 118 valence electrons. The first kappa shape index (κ1) is 16.0. The van der Waals surface area contributed by atoms with Gasteiger partial charge in [-0.25, -0.2) is 0 Å². The van der Waals surface area contributed by atoms with Gasteiger partial charge in [-0.2, -0.15) is 0 Å². The zero-order valence-corrected chi connectivity index (χ0v) is 12.1. The van der Waals surface area contributed by atoms with Crippen molar-refractivity contribution in [2.45, 2.75) is 32.3 Å². The van der Waals surface area contributed by atoms with Crippen LogP contribution in [-0.2, 0) is 4.79 Å². The summed E-state index contributed by atoms with van der Waals surface area (Å²) in [6, 6.07) is 3.48. The summed E-state index contributed by atoms with van der Waals surface area (Å²) in [5.74, 6) is -2.42. The second-order valence-corrected chi connectivity index (χ2v) is 5.65. The highest BCUT2D eigenvalue weighted by Gasteiger charge is 2.48. The van der Waals surface area contributed by atoms with Crippen LogP contribution in [-0.4, -0.2) is 38.3 Å². The van der Waals surface area contributed by atoms with Gasteiger partial charge in [0.1, 0.15) is 16.9 Å². The molecule has 0 radical (unpaired) electrons. The first-order chi connectivity index (χ1) is 10.3. The number of benzene rings is 1. The first-order valence-electron chi connectivity index (χ1n) is 6.91. The Hall–Kier alpha value is -2.34. The van der Waals surface area contributed by atoms with Crippen LogP contribution >= 0.6 is 0 Å². The van der Waals surface area contributed by atoms with Gasteiger partial charge in [-0.05, 0) is 43.5 Å². The fourth-order valence-corrected chi connectivity index (χ4v) is 2.86. The number of carboxylic acids is 1. The lowest BCUT2D eigenvalue weighted by molar-refractivity contribution is -0.156. The molecule has 1 aromatic carbocycles. The lowest BCUT2D eigenvalue weighted by atomic mass is 9.68. The molecule has 0 aliphatic heterocycles. The lowest BCUT2D eigenvalue weighted by Gasteiger charge is -2.37. The molecular weight excluding hydrogens is 288 g/mol. The quantitative estimate of drug-likeness (QED) is 0.383. The molecular formula is C16H18O6. The zero-order valence-electron chi connectivity index (χ0n) is 12.1. The van der Waals surface area contributed by atoms with Crippen LogP contribution in [0.5, 0.6) is 11.5 Å². The molecule has 0 bridgehead atoms. The number of hydrogen-bond donors (Lipinski definition) is 4. The lowest BCUT2D eigenvalue weighted by Crippen LogP contribution is -2.46. The van der Waals surface area contributed by atoms with Gasteiger partial charge >= 0.3 is 5.97 Å². The van der Waals surface area contributed by atoms with Crippen molar-refractivity contribution in [3.63, 3.8) is 0 Å². The molecule has 4 N–H and O–H groups in total. The summed E-state index contributed by atoms with van der Waals surface area (Å²) in [4.78, 5) is 24.1. The molecule has 6 nitrogen and oxygen atoms in total. The van der Waals surface area contributed by atoms with Crippen LogP contribution in [0.1, 0.15) is 36.5 Å². The van der Waals surface area contributed by atoms with E-state index >= 15 is 0 Å². The molecule has 0 aromatic heterocycles. The summed E-state index contributed by atoms with van der Waals surface area (Å²) in [7, 11) is 0. The van der Waals surface area contributed by atoms with E-state index in [1.807, 2.05) is 0 Å². The Bertz CT molecular complexity index is 648. The number of ketones is 1. The van der Waals surface area contributed by atoms with Crippen molar-refractivity contribution in [2.75, 3.05) is 0 Å². The standard InChI is InChI=1S/C16H18O6/c1-9-3-2-6-16(14(9)20,15(21)22)8-13(19)11-7-10(17)4-5-12(11)18/h3-5,7,14,17-18,20H,2,6,8H2,1H3,(H,21,22)/t14-,16-/m1/s1. The molecule has 22 heavy (non-hydrogen) atoms. The predicted octanol–water partition coefficient (Wildman–Crippen LogP) is 1.84. The van der Waals surface area contributed by atoms with E-state index in [1.54, 1.807) is 13.0 Å². The molecule has 0 heterocycles. The second kappa shape index (κ2) is 5.81. The molecule has 0 fully saturated rings. The molecule has 2 rings (SSSR count). The van der Waals surface area contributed by atoms with Crippen molar-refractivity contribution < 1.29 is 30.0 Å². The van der Waals surface area contributed by atoms with Crippen molar-refractivity contribution >= 4 is 11.8 Å². The minimum absolute atomic E-state index is 0.131. The summed E-state index contributed by atoms with van der Waals surface area (Å²) in [6.07, 6.45) is 0.622. The summed E-state index contributed by atoms with van der Waals surface area (Å²) >= 11 is 0. The van der Waals surface area contributed by atoms with Crippen molar-refractivity contribution in [3.05, 3.63) is 35.4 Å². The minimum atomic E-state index is -1.62. The summed E-state index contributed by atoms with van der Waals surface area (Å²) < 4.78 is 0. The maximum absolute atomic E-state index is 12.4. The second-order valence-electron chi connectivity index (χ2n) is 5.65. The van der Waals surface area contributed by atoms with Gasteiger partial charge in [0.2, 0.25) is 0 Å². The maximum atomic E-state index is 12.4. The summed E-state index contributed by atoms with van der Waals surface area (Å²) in [5.41, 5.74) is -1.25. The van der Waals surface area contributed by atoms with E-state index < -0.39 is 29.7 Å². The topological polar surface area (TPSA) is 115 Å². The number of carbonyl (C=O) groups excluding carboxylic acids is 1. The molecule has 1 aromatic rings. The number of Topliss-reactive ketones (excluding diaryl/α,β-unsaturated/α-hetero) is 1. The van der Waals surface area contributed by atoms with E-state index in [9.17, 15) is 30.0 Å². The number of phenolic OH excluding ortho intramolecular Hbond substituents is 2. The third kappa shape index (κ3) is 2.69. The van der Waals surface area contributed by atoms with Gasteiger partial charge in [-0.15, -0.1) is 0 Å². The van der Waals surface area contributed by atoms with E-state index in [0.717, 1.165) is 6.07 Å². The number of aliphatic carboxylic acids is 1. The summed E-state index contributed by atoms with van der Waals surface area (Å²) in [6.45, 7) is 1.62. The van der Waals surface area contributed by atoms with E-state index in [4.69, 9.17) is 0 Å². The fourth-order valence-electron chi connectivity index (χ4n) is 2.86. The van der Waals surface area contributed by atoms with Gasteiger partial charge in [0.15, 0.2) is 5.78 Å². The molecule has 2 atom stereocenters. The minimum Gasteiger partial charge on any atom is -0.508 e. The molecule has 0 amide bonds. The first-order valence-corrected chi connectivity index (χ1v) is 6.91. The Labute approximate surface area is 127 Å². The largest absolute Gasteiger partial charge is 0.508 e. The number of carboxylic acid groups (broad SMARTS) is 1. The van der Waals surface area contributed by atoms with E-state index in [2.05, 4.69) is 0 Å². The smallest absolute Gasteiger partial charge is 0.313 e. The Kier molecular flexibility index (Phi) is 4.23. The van der Waals surface area contributed by atoms with Crippen LogP contribution in [0.15, 0.2) is 29.8 Å². The SMILES string of the molecule is CC1=CCC[C@](CC(=O)c2cc(O)ccc2O)(C(=O)O)[C@@H]1O. The van der Waals surface area contributed by atoms with Crippen LogP contribution in [0.25, 0.3) is 0 Å². The Morgan fingerprint density at radius 1 is 1.32 bits per heavy atom. The van der Waals surface area contributed by atoms with Gasteiger partial charge in [0, 0.05) is 6.42 Å². The van der Waals surface area contributed by atoms with Crippen LogP contribution in [0, 0.1) is 5.41 Å². The fraction of sp³-hybridized carbons (Fsp3) is 0.375. The molecule has 6 heteroatoms. The van der Waals surface area contributed by atoms with Crippen LogP contribution < -0.4 is 0 Å². The van der Waals surface area contributed by atoms with Gasteiger partial charge < -0.3 is 20.4 Å². The van der Waals surface area contributed by atoms with Gasteiger partial charge in [0.25, 0.3) is 0 Å². The summed E-state index contributed by atoms with van der Waals surface area (Å²) in [5, 5.41) is 39.0. The van der Waals surface area contributed by atoms with E-state index in [0.29, 0.717) is 12.0 Å². The number of carbonyl (C=O) groups is 2. The van der Waals surface area contributed by atoms with E-state index in [1.165, 1.54) is 12.1 Å². The zero-order chi connectivity index (χ0) is 16.5. The number of rotatable bonds is 4. The average molecular weight is 306 g/mol. The van der Waals surface area contributed by atoms with Crippen LogP contribution in [0.4, 0.5) is 0 Å². The average Bonchev–Trinajstić information content (AvgIpc) is 2.46. The molecule has 0 unspecified atom stereocenters. The third-order valence-electron chi connectivity index (χ3n) is 4.19. The number of aromatic hydroxyl groups is 2. The van der Waals surface area contributed by atoms with E-state index in [-0.39, 0.29) is 23.5 Å². The van der Waals surface area contributed by atoms with Crippen molar-refractivity contribution in [2.24, 2.45) is 5.41 Å². The number of allylic oxidation sites excluding steroid dienone is 1. The van der Waals surface area contributed by atoms with Crippen LogP contribution in [0.2, 0.25) is 0 Å². The Morgan fingerprint density at radius 3 is 2.64 bits per heavy atom.